The topological polar surface area (TPSA) is 26.3 Å². The Balaban J connectivity index is 1.83. The molecule has 2 unspecified atom stereocenters. The molecule has 0 spiro atoms. The van der Waals surface area contributed by atoms with E-state index in [1.165, 1.54) is 51.4 Å². The smallest absolute Gasteiger partial charge is 0.306 e. The first-order valence-corrected chi connectivity index (χ1v) is 7.93. The standard InChI is InChI=1S/C16H28O2/c1-13-11-15(12-14-7-5-6-8-14)9-3-2-4-10-16(17)18-13/h13-15H,2-12H2,1H3. The molecular formula is C16H28O2. The lowest BCUT2D eigenvalue weighted by Crippen LogP contribution is -2.21. The molecule has 2 nitrogen and oxygen atoms in total. The quantitative estimate of drug-likeness (QED) is 0.678. The van der Waals surface area contributed by atoms with Gasteiger partial charge in [0.05, 0.1) is 6.10 Å². The van der Waals surface area contributed by atoms with Gasteiger partial charge in [0.2, 0.25) is 0 Å². The second-order valence-electron chi connectivity index (χ2n) is 6.39. The third kappa shape index (κ3) is 4.62. The number of esters is 1. The molecule has 1 heterocycles. The molecule has 2 aliphatic rings. The van der Waals surface area contributed by atoms with Crippen molar-refractivity contribution in [2.24, 2.45) is 11.8 Å². The minimum atomic E-state index is 0.0176. The van der Waals surface area contributed by atoms with E-state index in [1.54, 1.807) is 0 Å². The molecule has 0 aromatic rings. The highest BCUT2D eigenvalue weighted by atomic mass is 16.5. The fourth-order valence-corrected chi connectivity index (χ4v) is 3.73. The zero-order valence-corrected chi connectivity index (χ0v) is 11.8. The minimum Gasteiger partial charge on any atom is -0.463 e. The lowest BCUT2D eigenvalue weighted by molar-refractivity contribution is -0.149. The van der Waals surface area contributed by atoms with E-state index in [9.17, 15) is 4.79 Å². The van der Waals surface area contributed by atoms with E-state index in [0.29, 0.717) is 6.42 Å². The number of ether oxygens (including phenoxy) is 1. The summed E-state index contributed by atoms with van der Waals surface area (Å²) in [7, 11) is 0. The van der Waals surface area contributed by atoms with Crippen LogP contribution in [0.2, 0.25) is 0 Å². The maximum Gasteiger partial charge on any atom is 0.306 e. The van der Waals surface area contributed by atoms with Gasteiger partial charge in [-0.2, -0.15) is 0 Å². The predicted molar refractivity (Wildman–Crippen MR) is 73.3 cm³/mol. The summed E-state index contributed by atoms with van der Waals surface area (Å²) in [6, 6.07) is 0. The Kier molecular flexibility index (Phi) is 5.52. The van der Waals surface area contributed by atoms with Crippen molar-refractivity contribution in [1.82, 2.24) is 0 Å². The molecule has 0 aromatic carbocycles. The zero-order chi connectivity index (χ0) is 12.8. The Morgan fingerprint density at radius 3 is 2.44 bits per heavy atom. The number of hydrogen-bond acceptors (Lipinski definition) is 2. The van der Waals surface area contributed by atoms with Crippen LogP contribution >= 0.6 is 0 Å². The van der Waals surface area contributed by atoms with Crippen molar-refractivity contribution in [1.29, 1.82) is 0 Å². The molecule has 0 bridgehead atoms. The summed E-state index contributed by atoms with van der Waals surface area (Å²) in [5.74, 6) is 1.76. The van der Waals surface area contributed by atoms with Gasteiger partial charge < -0.3 is 4.74 Å². The highest BCUT2D eigenvalue weighted by Crippen LogP contribution is 2.34. The lowest BCUT2D eigenvalue weighted by atomic mass is 9.85. The number of hydrogen-bond donors (Lipinski definition) is 0. The van der Waals surface area contributed by atoms with Crippen molar-refractivity contribution >= 4 is 5.97 Å². The van der Waals surface area contributed by atoms with Crippen LogP contribution in [-0.4, -0.2) is 12.1 Å². The van der Waals surface area contributed by atoms with Gasteiger partial charge in [0.1, 0.15) is 0 Å². The van der Waals surface area contributed by atoms with Gasteiger partial charge in [-0.1, -0.05) is 44.9 Å². The molecule has 2 heteroatoms. The molecule has 0 N–H and O–H groups in total. The molecule has 1 saturated carbocycles. The summed E-state index contributed by atoms with van der Waals surface area (Å²) in [6.45, 7) is 2.07. The molecule has 1 aliphatic carbocycles. The Labute approximate surface area is 111 Å². The van der Waals surface area contributed by atoms with Gasteiger partial charge in [0.15, 0.2) is 0 Å². The Morgan fingerprint density at radius 2 is 1.67 bits per heavy atom. The van der Waals surface area contributed by atoms with Crippen molar-refractivity contribution in [2.45, 2.75) is 83.7 Å². The molecule has 0 aromatic heterocycles. The van der Waals surface area contributed by atoms with Gasteiger partial charge in [-0.25, -0.2) is 0 Å². The van der Waals surface area contributed by atoms with Crippen LogP contribution in [0.15, 0.2) is 0 Å². The minimum absolute atomic E-state index is 0.0176. The second-order valence-corrected chi connectivity index (χ2v) is 6.39. The van der Waals surface area contributed by atoms with Crippen LogP contribution in [0, 0.1) is 11.8 Å². The van der Waals surface area contributed by atoms with Crippen molar-refractivity contribution in [2.75, 3.05) is 0 Å². The maximum absolute atomic E-state index is 11.5. The molecule has 1 saturated heterocycles. The zero-order valence-electron chi connectivity index (χ0n) is 11.8. The predicted octanol–water partition coefficient (Wildman–Crippen LogP) is 4.47. The van der Waals surface area contributed by atoms with Gasteiger partial charge in [-0.15, -0.1) is 0 Å². The van der Waals surface area contributed by atoms with E-state index < -0.39 is 0 Å². The summed E-state index contributed by atoms with van der Waals surface area (Å²) >= 11 is 0. The third-order valence-electron chi connectivity index (χ3n) is 4.63. The van der Waals surface area contributed by atoms with Gasteiger partial charge >= 0.3 is 5.97 Å². The Bertz CT molecular complexity index is 256. The highest BCUT2D eigenvalue weighted by Gasteiger charge is 2.23. The van der Waals surface area contributed by atoms with E-state index in [2.05, 4.69) is 6.92 Å². The van der Waals surface area contributed by atoms with Gasteiger partial charge in [-0.3, -0.25) is 4.79 Å². The summed E-state index contributed by atoms with van der Waals surface area (Å²) in [6.07, 6.45) is 13.8. The summed E-state index contributed by atoms with van der Waals surface area (Å²) in [5, 5.41) is 0. The monoisotopic (exact) mass is 252 g/mol. The average Bonchev–Trinajstić information content (AvgIpc) is 2.80. The molecule has 2 atom stereocenters. The SMILES string of the molecule is CC1CC(CC2CCCC2)CCCCCC(=O)O1. The molecule has 104 valence electrons. The first-order chi connectivity index (χ1) is 8.74. The molecule has 2 rings (SSSR count). The number of carbonyl (C=O) groups excluding carboxylic acids is 1. The molecule has 0 amide bonds. The van der Waals surface area contributed by atoms with Crippen LogP contribution in [0.25, 0.3) is 0 Å². The van der Waals surface area contributed by atoms with Crippen molar-refractivity contribution < 1.29 is 9.53 Å². The summed E-state index contributed by atoms with van der Waals surface area (Å²) < 4.78 is 5.48. The van der Waals surface area contributed by atoms with Crippen LogP contribution in [0.5, 0.6) is 0 Å². The molecule has 1 aliphatic heterocycles. The first kappa shape index (κ1) is 13.9. The number of cyclic esters (lactones) is 1. The molecule has 0 radical (unpaired) electrons. The van der Waals surface area contributed by atoms with Crippen molar-refractivity contribution in [3.63, 3.8) is 0 Å². The summed E-state index contributed by atoms with van der Waals surface area (Å²) in [4.78, 5) is 11.5. The van der Waals surface area contributed by atoms with Crippen LogP contribution < -0.4 is 0 Å². The van der Waals surface area contributed by atoms with E-state index in [1.807, 2.05) is 0 Å². The molecule has 2 fully saturated rings. The van der Waals surface area contributed by atoms with Crippen LogP contribution in [0.1, 0.15) is 77.6 Å². The van der Waals surface area contributed by atoms with Gasteiger partial charge in [0.25, 0.3) is 0 Å². The fraction of sp³-hybridized carbons (Fsp3) is 0.938. The maximum atomic E-state index is 11.5. The number of rotatable bonds is 2. The largest absolute Gasteiger partial charge is 0.463 e. The van der Waals surface area contributed by atoms with E-state index in [4.69, 9.17) is 4.74 Å². The Hall–Kier alpha value is -0.530. The fourth-order valence-electron chi connectivity index (χ4n) is 3.73. The van der Waals surface area contributed by atoms with Crippen molar-refractivity contribution in [3.8, 4) is 0 Å². The highest BCUT2D eigenvalue weighted by molar-refractivity contribution is 5.69. The van der Waals surface area contributed by atoms with Crippen LogP contribution in [0.4, 0.5) is 0 Å². The lowest BCUT2D eigenvalue weighted by Gasteiger charge is -2.25. The van der Waals surface area contributed by atoms with Crippen LogP contribution in [0.3, 0.4) is 0 Å². The van der Waals surface area contributed by atoms with Gasteiger partial charge in [-0.05, 0) is 38.0 Å². The summed E-state index contributed by atoms with van der Waals surface area (Å²) in [5.41, 5.74) is 0. The molecular weight excluding hydrogens is 224 g/mol. The van der Waals surface area contributed by atoms with Crippen LogP contribution in [-0.2, 0) is 9.53 Å². The first-order valence-electron chi connectivity index (χ1n) is 7.93. The Morgan fingerprint density at radius 1 is 1.00 bits per heavy atom. The van der Waals surface area contributed by atoms with Crippen molar-refractivity contribution in [3.05, 3.63) is 0 Å². The van der Waals surface area contributed by atoms with E-state index >= 15 is 0 Å². The van der Waals surface area contributed by atoms with E-state index in [0.717, 1.165) is 24.7 Å². The normalized spacial score (nSPS) is 32.2. The van der Waals surface area contributed by atoms with Gasteiger partial charge in [0, 0.05) is 6.42 Å². The second kappa shape index (κ2) is 7.16. The van der Waals surface area contributed by atoms with E-state index in [-0.39, 0.29) is 12.1 Å². The number of carbonyl (C=O) groups is 1. The third-order valence-corrected chi connectivity index (χ3v) is 4.63. The molecule has 18 heavy (non-hydrogen) atoms. The average molecular weight is 252 g/mol.